The van der Waals surface area contributed by atoms with Gasteiger partial charge in [0.25, 0.3) is 0 Å². The third-order valence-electron chi connectivity index (χ3n) is 6.05. The first-order valence-electron chi connectivity index (χ1n) is 11.0. The molecule has 0 saturated heterocycles. The number of rotatable bonds is 8. The number of fused-ring (bicyclic) bond motifs is 1. The molecule has 1 heterocycles. The van der Waals surface area contributed by atoms with Crippen LogP contribution in [-0.2, 0) is 0 Å². The van der Waals surface area contributed by atoms with E-state index in [0.29, 0.717) is 11.2 Å². The van der Waals surface area contributed by atoms with Crippen molar-refractivity contribution < 1.29 is 5.11 Å². The van der Waals surface area contributed by atoms with Crippen molar-refractivity contribution in [3.05, 3.63) is 42.5 Å². The van der Waals surface area contributed by atoms with Gasteiger partial charge in [-0.15, -0.1) is 11.8 Å². The molecule has 0 fully saturated rings. The first-order valence-corrected chi connectivity index (χ1v) is 12.0. The number of hydrogen-bond acceptors (Lipinski definition) is 4. The van der Waals surface area contributed by atoms with Crippen LogP contribution in [0.25, 0.3) is 0 Å². The molecule has 0 aromatic heterocycles. The second-order valence-corrected chi connectivity index (χ2v) is 9.64. The molecule has 4 heteroatoms. The zero-order valence-corrected chi connectivity index (χ0v) is 19.3. The van der Waals surface area contributed by atoms with Gasteiger partial charge < -0.3 is 14.9 Å². The standard InChI is InChI=1S/C25H36N2OS/c1-5-7-14-25(15-8-6-2)18-27(20-12-10-9-11-13-20)22-16-21(26(3)4)23(28)17-24(22)29-19-25/h9-13,16-17,28H,5-8,14-15,18-19H2,1-4H3. The van der Waals surface area contributed by atoms with Crippen molar-refractivity contribution in [3.8, 4) is 5.75 Å². The summed E-state index contributed by atoms with van der Waals surface area (Å²) in [5.41, 5.74) is 3.63. The number of benzene rings is 2. The van der Waals surface area contributed by atoms with Crippen molar-refractivity contribution in [3.63, 3.8) is 0 Å². The summed E-state index contributed by atoms with van der Waals surface area (Å²) in [5, 5.41) is 10.6. The van der Waals surface area contributed by atoms with Gasteiger partial charge in [-0.2, -0.15) is 0 Å². The molecule has 0 radical (unpaired) electrons. The summed E-state index contributed by atoms with van der Waals surface area (Å²) in [6.07, 6.45) is 7.56. The predicted molar refractivity (Wildman–Crippen MR) is 128 cm³/mol. The van der Waals surface area contributed by atoms with Crippen molar-refractivity contribution in [2.45, 2.75) is 57.3 Å². The highest BCUT2D eigenvalue weighted by molar-refractivity contribution is 7.99. The van der Waals surface area contributed by atoms with Crippen LogP contribution in [-0.4, -0.2) is 31.5 Å². The Labute approximate surface area is 181 Å². The zero-order chi connectivity index (χ0) is 20.9. The lowest BCUT2D eigenvalue weighted by Gasteiger charge is -2.38. The van der Waals surface area contributed by atoms with E-state index < -0.39 is 0 Å². The van der Waals surface area contributed by atoms with E-state index in [4.69, 9.17) is 0 Å². The van der Waals surface area contributed by atoms with E-state index in [1.165, 1.54) is 54.8 Å². The number of hydrogen-bond donors (Lipinski definition) is 1. The lowest BCUT2D eigenvalue weighted by molar-refractivity contribution is 0.274. The van der Waals surface area contributed by atoms with Crippen molar-refractivity contribution >= 4 is 28.8 Å². The Hall–Kier alpha value is -1.81. The van der Waals surface area contributed by atoms with Gasteiger partial charge >= 0.3 is 0 Å². The largest absolute Gasteiger partial charge is 0.506 e. The minimum atomic E-state index is 0.291. The molecule has 1 N–H and O–H groups in total. The first kappa shape index (κ1) is 21.9. The Kier molecular flexibility index (Phi) is 7.39. The topological polar surface area (TPSA) is 26.7 Å². The number of anilines is 3. The van der Waals surface area contributed by atoms with Gasteiger partial charge in [-0.3, -0.25) is 0 Å². The molecule has 0 amide bonds. The molecule has 2 aromatic carbocycles. The molecule has 1 aliphatic heterocycles. The molecule has 0 aliphatic carbocycles. The Balaban J connectivity index is 2.10. The monoisotopic (exact) mass is 412 g/mol. The second-order valence-electron chi connectivity index (χ2n) is 8.62. The fourth-order valence-electron chi connectivity index (χ4n) is 4.30. The highest BCUT2D eigenvalue weighted by Crippen LogP contribution is 2.49. The molecule has 3 rings (SSSR count). The minimum absolute atomic E-state index is 0.291. The number of phenols is 1. The average molecular weight is 413 g/mol. The molecular formula is C25H36N2OS. The normalized spacial score (nSPS) is 15.7. The molecule has 29 heavy (non-hydrogen) atoms. The molecule has 2 aromatic rings. The van der Waals surface area contributed by atoms with Crippen molar-refractivity contribution in [1.29, 1.82) is 0 Å². The van der Waals surface area contributed by atoms with Gasteiger partial charge in [0.05, 0.1) is 11.4 Å². The van der Waals surface area contributed by atoms with E-state index in [0.717, 1.165) is 18.0 Å². The summed E-state index contributed by atoms with van der Waals surface area (Å²) in [4.78, 5) is 5.69. The molecule has 1 aliphatic rings. The number of phenolic OH excluding ortho intramolecular Hbond substituents is 1. The molecule has 0 bridgehead atoms. The third-order valence-corrected chi connectivity index (χ3v) is 7.44. The predicted octanol–water partition coefficient (Wildman–Crippen LogP) is 7.07. The van der Waals surface area contributed by atoms with Crippen molar-refractivity contribution in [2.75, 3.05) is 36.2 Å². The van der Waals surface area contributed by atoms with Crippen LogP contribution in [0, 0.1) is 5.41 Å². The number of nitrogens with zero attached hydrogens (tertiary/aromatic N) is 2. The van der Waals surface area contributed by atoms with Gasteiger partial charge in [0.2, 0.25) is 0 Å². The van der Waals surface area contributed by atoms with E-state index in [1.54, 1.807) is 0 Å². The SMILES string of the molecule is CCCCC1(CCCC)CSc2cc(O)c(N(C)C)cc2N(c2ccccc2)C1. The van der Waals surface area contributed by atoms with Gasteiger partial charge in [-0.25, -0.2) is 0 Å². The number of thioether (sulfide) groups is 1. The summed E-state index contributed by atoms with van der Waals surface area (Å²) in [7, 11) is 3.98. The van der Waals surface area contributed by atoms with Crippen LogP contribution in [0.15, 0.2) is 47.4 Å². The van der Waals surface area contributed by atoms with Crippen LogP contribution < -0.4 is 9.80 Å². The summed E-state index contributed by atoms with van der Waals surface area (Å²) in [6, 6.07) is 14.9. The minimum Gasteiger partial charge on any atom is -0.506 e. The van der Waals surface area contributed by atoms with Crippen LogP contribution in [0.2, 0.25) is 0 Å². The van der Waals surface area contributed by atoms with Crippen LogP contribution in [0.3, 0.4) is 0 Å². The molecule has 0 unspecified atom stereocenters. The van der Waals surface area contributed by atoms with Gasteiger partial charge in [-0.05, 0) is 42.5 Å². The maximum atomic E-state index is 10.6. The lowest BCUT2D eigenvalue weighted by Crippen LogP contribution is -2.36. The van der Waals surface area contributed by atoms with Gasteiger partial charge in [0.1, 0.15) is 5.75 Å². The van der Waals surface area contributed by atoms with E-state index >= 15 is 0 Å². The highest BCUT2D eigenvalue weighted by Gasteiger charge is 2.36. The van der Waals surface area contributed by atoms with E-state index in [-0.39, 0.29) is 0 Å². The Bertz CT molecular complexity index is 783. The highest BCUT2D eigenvalue weighted by atomic mass is 32.2. The molecular weight excluding hydrogens is 376 g/mol. The Morgan fingerprint density at radius 2 is 1.69 bits per heavy atom. The third kappa shape index (κ3) is 5.03. The fraction of sp³-hybridized carbons (Fsp3) is 0.520. The van der Waals surface area contributed by atoms with E-state index in [9.17, 15) is 5.11 Å². The Morgan fingerprint density at radius 3 is 2.28 bits per heavy atom. The quantitative estimate of drug-likeness (QED) is 0.501. The molecule has 0 spiro atoms. The number of unbranched alkanes of at least 4 members (excludes halogenated alkanes) is 2. The maximum Gasteiger partial charge on any atom is 0.140 e. The summed E-state index contributed by atoms with van der Waals surface area (Å²) in [5.74, 6) is 1.48. The van der Waals surface area contributed by atoms with Gasteiger partial charge in [0.15, 0.2) is 0 Å². The lowest BCUT2D eigenvalue weighted by atomic mass is 9.79. The smallest absolute Gasteiger partial charge is 0.140 e. The van der Waals surface area contributed by atoms with E-state index in [2.05, 4.69) is 55.1 Å². The summed E-state index contributed by atoms with van der Waals surface area (Å²) in [6.45, 7) is 5.62. The van der Waals surface area contributed by atoms with Gasteiger partial charge in [0, 0.05) is 37.0 Å². The van der Waals surface area contributed by atoms with Crippen LogP contribution in [0.1, 0.15) is 52.4 Å². The maximum absolute atomic E-state index is 10.6. The first-order chi connectivity index (χ1) is 14.0. The molecule has 0 saturated carbocycles. The van der Waals surface area contributed by atoms with E-state index in [1.807, 2.05) is 36.8 Å². The number of para-hydroxylation sites is 1. The molecule has 3 nitrogen and oxygen atoms in total. The zero-order valence-electron chi connectivity index (χ0n) is 18.4. The molecule has 0 atom stereocenters. The van der Waals surface area contributed by atoms with Crippen LogP contribution >= 0.6 is 11.8 Å². The fourth-order valence-corrected chi connectivity index (χ4v) is 5.65. The van der Waals surface area contributed by atoms with Crippen molar-refractivity contribution in [1.82, 2.24) is 0 Å². The van der Waals surface area contributed by atoms with Gasteiger partial charge in [-0.1, -0.05) is 57.7 Å². The van der Waals surface area contributed by atoms with Crippen LogP contribution in [0.5, 0.6) is 5.75 Å². The second kappa shape index (κ2) is 9.80. The Morgan fingerprint density at radius 1 is 1.03 bits per heavy atom. The summed E-state index contributed by atoms with van der Waals surface area (Å²) >= 11 is 1.93. The number of aromatic hydroxyl groups is 1. The van der Waals surface area contributed by atoms with Crippen LogP contribution in [0.4, 0.5) is 17.1 Å². The summed E-state index contributed by atoms with van der Waals surface area (Å²) < 4.78 is 0. The van der Waals surface area contributed by atoms with Crippen molar-refractivity contribution in [2.24, 2.45) is 5.41 Å². The average Bonchev–Trinajstić information content (AvgIpc) is 2.88. The molecule has 158 valence electrons.